The van der Waals surface area contributed by atoms with Gasteiger partial charge in [-0.3, -0.25) is 0 Å². The highest BCUT2D eigenvalue weighted by molar-refractivity contribution is 7.13. The van der Waals surface area contributed by atoms with Crippen LogP contribution < -0.4 is 0 Å². The van der Waals surface area contributed by atoms with Gasteiger partial charge in [-0.2, -0.15) is 0 Å². The van der Waals surface area contributed by atoms with Crippen LogP contribution in [0, 0.1) is 0 Å². The Labute approximate surface area is 98.0 Å². The van der Waals surface area contributed by atoms with Crippen LogP contribution in [0.25, 0.3) is 0 Å². The molecular formula is C12H16NO2P. The lowest BCUT2D eigenvalue weighted by atomic mass is 10.0. The Balaban J connectivity index is 2.33. The molecule has 1 aliphatic heterocycles. The van der Waals surface area contributed by atoms with Gasteiger partial charge in [0.25, 0.3) is 0 Å². The summed E-state index contributed by atoms with van der Waals surface area (Å²) in [5.41, 5.74) is 0.606. The second-order valence-electron chi connectivity index (χ2n) is 4.43. The quantitative estimate of drug-likeness (QED) is 0.583. The Morgan fingerprint density at radius 2 is 2.00 bits per heavy atom. The fourth-order valence-electron chi connectivity index (χ4n) is 1.99. The van der Waals surface area contributed by atoms with Crippen LogP contribution in [0.5, 0.6) is 0 Å². The first-order chi connectivity index (χ1) is 7.56. The molecule has 4 heteroatoms. The molecule has 1 aliphatic rings. The van der Waals surface area contributed by atoms with Crippen LogP contribution >= 0.6 is 9.39 Å². The van der Waals surface area contributed by atoms with Crippen LogP contribution in [-0.2, 0) is 9.53 Å². The fraction of sp³-hybridized carbons (Fsp3) is 0.417. The van der Waals surface area contributed by atoms with E-state index in [1.54, 1.807) is 0 Å². The molecule has 0 amide bonds. The van der Waals surface area contributed by atoms with Crippen molar-refractivity contribution in [2.24, 2.45) is 0 Å². The zero-order valence-electron chi connectivity index (χ0n) is 9.46. The third-order valence-corrected chi connectivity index (χ3v) is 3.90. The molecule has 0 radical (unpaired) electrons. The predicted octanol–water partition coefficient (Wildman–Crippen LogP) is 2.15. The zero-order valence-corrected chi connectivity index (χ0v) is 10.6. The normalized spacial score (nSPS) is 29.2. The van der Waals surface area contributed by atoms with Gasteiger partial charge >= 0.3 is 0 Å². The molecule has 3 atom stereocenters. The maximum absolute atomic E-state index is 11.2. The molecule has 3 nitrogen and oxygen atoms in total. The van der Waals surface area contributed by atoms with E-state index in [0.29, 0.717) is 0 Å². The van der Waals surface area contributed by atoms with Crippen molar-refractivity contribution in [3.63, 3.8) is 0 Å². The minimum atomic E-state index is -0.434. The molecule has 0 spiro atoms. The van der Waals surface area contributed by atoms with E-state index < -0.39 is 5.72 Å². The van der Waals surface area contributed by atoms with Gasteiger partial charge in [-0.05, 0) is 19.4 Å². The molecule has 2 rings (SSSR count). The van der Waals surface area contributed by atoms with Crippen LogP contribution in [-0.4, -0.2) is 22.7 Å². The standard InChI is InChI=1S/C12H16NO2P/c1-12(2)13(16)10(8-14)11(15-12)9-6-4-3-5-7-9/h3-8,10-11H,16H2,1-2H3/t10-,11-/m1/s1. The van der Waals surface area contributed by atoms with Crippen molar-refractivity contribution < 1.29 is 9.53 Å². The topological polar surface area (TPSA) is 29.5 Å². The van der Waals surface area contributed by atoms with Crippen molar-refractivity contribution in [2.75, 3.05) is 0 Å². The van der Waals surface area contributed by atoms with Crippen molar-refractivity contribution in [3.8, 4) is 0 Å². The first-order valence-corrected chi connectivity index (χ1v) is 5.80. The smallest absolute Gasteiger partial charge is 0.140 e. The number of benzene rings is 1. The molecule has 0 saturated carbocycles. The molecule has 1 fully saturated rings. The van der Waals surface area contributed by atoms with Gasteiger partial charge in [0.15, 0.2) is 0 Å². The van der Waals surface area contributed by atoms with E-state index in [0.717, 1.165) is 11.8 Å². The molecule has 1 unspecified atom stereocenters. The van der Waals surface area contributed by atoms with Gasteiger partial charge < -0.3 is 9.53 Å². The molecule has 0 aliphatic carbocycles. The van der Waals surface area contributed by atoms with E-state index in [1.165, 1.54) is 0 Å². The van der Waals surface area contributed by atoms with Crippen molar-refractivity contribution in [1.82, 2.24) is 4.67 Å². The van der Waals surface area contributed by atoms with Gasteiger partial charge in [-0.15, -0.1) is 0 Å². The number of aldehydes is 1. The number of carbonyl (C=O) groups excluding carboxylic acids is 1. The third-order valence-electron chi connectivity index (χ3n) is 2.94. The monoisotopic (exact) mass is 237 g/mol. The zero-order chi connectivity index (χ0) is 11.8. The molecule has 1 heterocycles. The number of nitrogens with zero attached hydrogens (tertiary/aromatic N) is 1. The summed E-state index contributed by atoms with van der Waals surface area (Å²) in [5, 5.41) is 0. The number of hydrogen-bond donors (Lipinski definition) is 0. The molecule has 0 bridgehead atoms. The Kier molecular flexibility index (Phi) is 3.11. The lowest BCUT2D eigenvalue weighted by Gasteiger charge is -2.26. The number of carbonyl (C=O) groups is 1. The van der Waals surface area contributed by atoms with Gasteiger partial charge in [-0.25, -0.2) is 4.67 Å². The van der Waals surface area contributed by atoms with E-state index in [1.807, 2.05) is 48.8 Å². The number of rotatable bonds is 2. The first kappa shape index (κ1) is 11.7. The highest BCUT2D eigenvalue weighted by atomic mass is 31.0. The second-order valence-corrected chi connectivity index (χ2v) is 4.99. The Morgan fingerprint density at radius 1 is 1.38 bits per heavy atom. The number of hydrogen-bond acceptors (Lipinski definition) is 3. The summed E-state index contributed by atoms with van der Waals surface area (Å²) >= 11 is 0. The maximum Gasteiger partial charge on any atom is 0.140 e. The van der Waals surface area contributed by atoms with Crippen LogP contribution in [0.1, 0.15) is 25.5 Å². The average molecular weight is 237 g/mol. The van der Waals surface area contributed by atoms with E-state index in [-0.39, 0.29) is 12.1 Å². The van der Waals surface area contributed by atoms with E-state index in [9.17, 15) is 4.79 Å². The van der Waals surface area contributed by atoms with Crippen LogP contribution in [0.3, 0.4) is 0 Å². The molecule has 86 valence electrons. The molecule has 1 aromatic rings. The molecular weight excluding hydrogens is 221 g/mol. The average Bonchev–Trinajstić information content (AvgIpc) is 2.52. The molecule has 1 aromatic carbocycles. The highest BCUT2D eigenvalue weighted by Gasteiger charge is 2.45. The Bertz CT molecular complexity index is 380. The summed E-state index contributed by atoms with van der Waals surface area (Å²) in [6.07, 6.45) is 0.755. The molecule has 16 heavy (non-hydrogen) atoms. The first-order valence-electron chi connectivity index (χ1n) is 5.28. The fourth-order valence-corrected chi connectivity index (χ4v) is 2.28. The Hall–Kier alpha value is -0.760. The van der Waals surface area contributed by atoms with Gasteiger partial charge in [0.1, 0.15) is 24.2 Å². The third kappa shape index (κ3) is 1.91. The lowest BCUT2D eigenvalue weighted by molar-refractivity contribution is -0.111. The largest absolute Gasteiger partial charge is 0.351 e. The van der Waals surface area contributed by atoms with Crippen molar-refractivity contribution in [2.45, 2.75) is 31.7 Å². The van der Waals surface area contributed by atoms with E-state index in [4.69, 9.17) is 4.74 Å². The Morgan fingerprint density at radius 3 is 2.56 bits per heavy atom. The van der Waals surface area contributed by atoms with E-state index >= 15 is 0 Å². The SMILES string of the molecule is CC1(C)O[C@H](c2ccccc2)[C@@H](C=O)N1P. The molecule has 0 aromatic heterocycles. The minimum Gasteiger partial charge on any atom is -0.351 e. The molecule has 1 saturated heterocycles. The van der Waals surface area contributed by atoms with Crippen LogP contribution in [0.15, 0.2) is 30.3 Å². The van der Waals surface area contributed by atoms with Crippen LogP contribution in [0.4, 0.5) is 0 Å². The summed E-state index contributed by atoms with van der Waals surface area (Å²) in [6.45, 7) is 3.92. The van der Waals surface area contributed by atoms with Crippen molar-refractivity contribution in [1.29, 1.82) is 0 Å². The van der Waals surface area contributed by atoms with Gasteiger partial charge in [0.2, 0.25) is 0 Å². The van der Waals surface area contributed by atoms with Crippen molar-refractivity contribution in [3.05, 3.63) is 35.9 Å². The van der Waals surface area contributed by atoms with Crippen molar-refractivity contribution >= 4 is 15.7 Å². The maximum atomic E-state index is 11.2. The summed E-state index contributed by atoms with van der Waals surface area (Å²) in [6, 6.07) is 9.60. The van der Waals surface area contributed by atoms with E-state index in [2.05, 4.69) is 9.39 Å². The second kappa shape index (κ2) is 4.25. The van der Waals surface area contributed by atoms with Gasteiger partial charge in [0.05, 0.1) is 0 Å². The predicted molar refractivity (Wildman–Crippen MR) is 65.7 cm³/mol. The summed E-state index contributed by atoms with van der Waals surface area (Å²) in [4.78, 5) is 11.2. The van der Waals surface area contributed by atoms with Gasteiger partial charge in [-0.1, -0.05) is 39.7 Å². The number of ether oxygens (including phenoxy) is 1. The summed E-state index contributed by atoms with van der Waals surface area (Å²) < 4.78 is 7.81. The summed E-state index contributed by atoms with van der Waals surface area (Å²) in [7, 11) is 2.58. The highest BCUT2D eigenvalue weighted by Crippen LogP contribution is 2.41. The van der Waals surface area contributed by atoms with Gasteiger partial charge in [0, 0.05) is 0 Å². The minimum absolute atomic E-state index is 0.189. The molecule has 0 N–H and O–H groups in total. The summed E-state index contributed by atoms with van der Waals surface area (Å²) in [5.74, 6) is 0. The lowest BCUT2D eigenvalue weighted by Crippen LogP contribution is -2.36. The van der Waals surface area contributed by atoms with Crippen LogP contribution in [0.2, 0.25) is 0 Å².